The third-order valence-electron chi connectivity index (χ3n) is 2.60. The maximum atomic E-state index is 11.2. The first-order valence-electron chi connectivity index (χ1n) is 5.33. The van der Waals surface area contributed by atoms with Gasteiger partial charge in [0.05, 0.1) is 5.41 Å². The zero-order valence-corrected chi connectivity index (χ0v) is 11.1. The highest BCUT2D eigenvalue weighted by Crippen LogP contribution is 2.30. The summed E-state index contributed by atoms with van der Waals surface area (Å²) in [7, 11) is 0. The van der Waals surface area contributed by atoms with Crippen molar-refractivity contribution in [3.8, 4) is 0 Å². The Labute approximate surface area is 102 Å². The molecule has 0 aromatic heterocycles. The molecule has 88 valence electrons. The van der Waals surface area contributed by atoms with Crippen molar-refractivity contribution in [2.75, 3.05) is 5.75 Å². The molecule has 0 saturated heterocycles. The fourth-order valence-electron chi connectivity index (χ4n) is 1.19. The number of hydrogen-bond acceptors (Lipinski definition) is 2. The van der Waals surface area contributed by atoms with Gasteiger partial charge in [0.2, 0.25) is 5.91 Å². The third kappa shape index (κ3) is 3.27. The minimum absolute atomic E-state index is 0.245. The number of hydrogen-bond donors (Lipinski definition) is 1. The lowest BCUT2D eigenvalue weighted by molar-refractivity contribution is -0.124. The van der Waals surface area contributed by atoms with E-state index >= 15 is 0 Å². The van der Waals surface area contributed by atoms with Crippen molar-refractivity contribution >= 4 is 17.7 Å². The van der Waals surface area contributed by atoms with Gasteiger partial charge in [0.25, 0.3) is 0 Å². The van der Waals surface area contributed by atoms with Crippen LogP contribution in [0.15, 0.2) is 23.1 Å². The van der Waals surface area contributed by atoms with Gasteiger partial charge < -0.3 is 5.73 Å². The van der Waals surface area contributed by atoms with Crippen LogP contribution in [0.5, 0.6) is 0 Å². The summed E-state index contributed by atoms with van der Waals surface area (Å²) >= 11 is 1.70. The first-order valence-corrected chi connectivity index (χ1v) is 6.31. The second-order valence-corrected chi connectivity index (χ2v) is 5.82. The van der Waals surface area contributed by atoms with E-state index in [9.17, 15) is 4.79 Å². The van der Waals surface area contributed by atoms with Crippen LogP contribution in [0, 0.1) is 19.3 Å². The van der Waals surface area contributed by atoms with Gasteiger partial charge in [-0.3, -0.25) is 4.79 Å². The van der Waals surface area contributed by atoms with Gasteiger partial charge in [-0.1, -0.05) is 31.5 Å². The molecule has 0 saturated carbocycles. The molecule has 2 N–H and O–H groups in total. The van der Waals surface area contributed by atoms with E-state index in [0.717, 1.165) is 0 Å². The average Bonchev–Trinajstić information content (AvgIpc) is 2.19. The number of rotatable bonds is 4. The Balaban J connectivity index is 2.75. The molecular weight excluding hydrogens is 218 g/mol. The predicted octanol–water partition coefficient (Wildman–Crippen LogP) is 2.91. The highest BCUT2D eigenvalue weighted by atomic mass is 32.2. The summed E-state index contributed by atoms with van der Waals surface area (Å²) in [6.07, 6.45) is 0. The molecule has 0 aliphatic rings. The molecule has 1 aromatic carbocycles. The molecule has 0 fully saturated rings. The van der Waals surface area contributed by atoms with Crippen LogP contribution in [0.1, 0.15) is 25.0 Å². The molecule has 0 aliphatic carbocycles. The molecule has 1 aromatic rings. The highest BCUT2D eigenvalue weighted by Gasteiger charge is 2.25. The van der Waals surface area contributed by atoms with Crippen molar-refractivity contribution in [1.29, 1.82) is 0 Å². The lowest BCUT2D eigenvalue weighted by Crippen LogP contribution is -2.33. The SMILES string of the molecule is Cc1ccc(C)c(SCC(C)(C)C(N)=O)c1. The molecule has 0 atom stereocenters. The first-order chi connectivity index (χ1) is 7.33. The minimum atomic E-state index is -0.457. The van der Waals surface area contributed by atoms with Gasteiger partial charge in [-0.2, -0.15) is 0 Å². The Kier molecular flexibility index (Phi) is 4.03. The molecule has 0 radical (unpaired) electrons. The average molecular weight is 237 g/mol. The summed E-state index contributed by atoms with van der Waals surface area (Å²) in [6, 6.07) is 6.35. The number of benzene rings is 1. The lowest BCUT2D eigenvalue weighted by Gasteiger charge is -2.20. The zero-order valence-electron chi connectivity index (χ0n) is 10.3. The van der Waals surface area contributed by atoms with Crippen molar-refractivity contribution < 1.29 is 4.79 Å². The second-order valence-electron chi connectivity index (χ2n) is 4.81. The van der Waals surface area contributed by atoms with Crippen LogP contribution in [0.25, 0.3) is 0 Å². The van der Waals surface area contributed by atoms with Gasteiger partial charge in [0.15, 0.2) is 0 Å². The van der Waals surface area contributed by atoms with Gasteiger partial charge in [-0.15, -0.1) is 11.8 Å². The highest BCUT2D eigenvalue weighted by molar-refractivity contribution is 7.99. The van der Waals surface area contributed by atoms with Gasteiger partial charge in [0.1, 0.15) is 0 Å². The van der Waals surface area contributed by atoms with Gasteiger partial charge in [0, 0.05) is 10.6 Å². The molecule has 0 unspecified atom stereocenters. The summed E-state index contributed by atoms with van der Waals surface area (Å²) < 4.78 is 0. The number of carbonyl (C=O) groups excluding carboxylic acids is 1. The van der Waals surface area contributed by atoms with Crippen LogP contribution >= 0.6 is 11.8 Å². The quantitative estimate of drug-likeness (QED) is 0.818. The van der Waals surface area contributed by atoms with Crippen molar-refractivity contribution in [2.24, 2.45) is 11.1 Å². The number of thioether (sulfide) groups is 1. The van der Waals surface area contributed by atoms with Crippen LogP contribution < -0.4 is 5.73 Å². The molecule has 3 heteroatoms. The summed E-state index contributed by atoms with van der Waals surface area (Å²) in [6.45, 7) is 7.92. The van der Waals surface area contributed by atoms with E-state index in [0.29, 0.717) is 5.75 Å². The van der Waals surface area contributed by atoms with E-state index in [-0.39, 0.29) is 5.91 Å². The third-order valence-corrected chi connectivity index (χ3v) is 4.22. The second kappa shape index (κ2) is 4.91. The number of amides is 1. The number of aryl methyl sites for hydroxylation is 2. The maximum absolute atomic E-state index is 11.2. The van der Waals surface area contributed by atoms with E-state index in [4.69, 9.17) is 5.73 Å². The zero-order chi connectivity index (χ0) is 12.3. The molecule has 0 bridgehead atoms. The molecule has 1 amide bonds. The fourth-order valence-corrected chi connectivity index (χ4v) is 2.42. The van der Waals surface area contributed by atoms with E-state index in [1.807, 2.05) is 13.8 Å². The molecule has 16 heavy (non-hydrogen) atoms. The Morgan fingerprint density at radius 2 is 2.00 bits per heavy atom. The smallest absolute Gasteiger partial charge is 0.223 e. The molecule has 0 heterocycles. The Bertz CT molecular complexity index is 399. The summed E-state index contributed by atoms with van der Waals surface area (Å²) in [4.78, 5) is 12.4. The van der Waals surface area contributed by atoms with E-state index in [1.165, 1.54) is 16.0 Å². The standard InChI is InChI=1S/C13H19NOS/c1-9-5-6-10(2)11(7-9)16-8-13(3,4)12(14)15/h5-7H,8H2,1-4H3,(H2,14,15). The molecule has 0 spiro atoms. The predicted molar refractivity (Wildman–Crippen MR) is 69.6 cm³/mol. The monoisotopic (exact) mass is 237 g/mol. The van der Waals surface area contributed by atoms with Crippen LogP contribution in [0.2, 0.25) is 0 Å². The van der Waals surface area contributed by atoms with Crippen molar-refractivity contribution in [2.45, 2.75) is 32.6 Å². The molecule has 2 nitrogen and oxygen atoms in total. The largest absolute Gasteiger partial charge is 0.369 e. The normalized spacial score (nSPS) is 11.5. The summed E-state index contributed by atoms with van der Waals surface area (Å²) in [5.41, 5.74) is 7.38. The Hall–Kier alpha value is -0.960. The molecule has 0 aliphatic heterocycles. The fraction of sp³-hybridized carbons (Fsp3) is 0.462. The van der Waals surface area contributed by atoms with Crippen LogP contribution in [-0.4, -0.2) is 11.7 Å². The lowest BCUT2D eigenvalue weighted by atomic mass is 9.96. The van der Waals surface area contributed by atoms with Crippen molar-refractivity contribution in [3.63, 3.8) is 0 Å². The first kappa shape index (κ1) is 13.1. The topological polar surface area (TPSA) is 43.1 Å². The van der Waals surface area contributed by atoms with E-state index in [1.54, 1.807) is 11.8 Å². The number of primary amides is 1. The van der Waals surface area contributed by atoms with Crippen molar-refractivity contribution in [3.05, 3.63) is 29.3 Å². The van der Waals surface area contributed by atoms with Gasteiger partial charge >= 0.3 is 0 Å². The summed E-state index contributed by atoms with van der Waals surface area (Å²) in [5, 5.41) is 0. The van der Waals surface area contributed by atoms with Crippen LogP contribution in [0.4, 0.5) is 0 Å². The number of carbonyl (C=O) groups is 1. The molecule has 1 rings (SSSR count). The number of nitrogens with two attached hydrogens (primary N) is 1. The minimum Gasteiger partial charge on any atom is -0.369 e. The van der Waals surface area contributed by atoms with Crippen LogP contribution in [-0.2, 0) is 4.79 Å². The maximum Gasteiger partial charge on any atom is 0.223 e. The Morgan fingerprint density at radius 3 is 2.56 bits per heavy atom. The Morgan fingerprint density at radius 1 is 1.38 bits per heavy atom. The van der Waals surface area contributed by atoms with Crippen molar-refractivity contribution in [1.82, 2.24) is 0 Å². The van der Waals surface area contributed by atoms with Gasteiger partial charge in [-0.05, 0) is 25.5 Å². The van der Waals surface area contributed by atoms with Gasteiger partial charge in [-0.25, -0.2) is 0 Å². The van der Waals surface area contributed by atoms with E-state index in [2.05, 4.69) is 32.0 Å². The van der Waals surface area contributed by atoms with E-state index < -0.39 is 5.41 Å². The van der Waals surface area contributed by atoms with Crippen LogP contribution in [0.3, 0.4) is 0 Å². The summed E-state index contributed by atoms with van der Waals surface area (Å²) in [5.74, 6) is 0.470. The molecular formula is C13H19NOS.